The summed E-state index contributed by atoms with van der Waals surface area (Å²) in [6.45, 7) is 5.56. The number of nitrogens with one attached hydrogen (secondary N) is 2. The van der Waals surface area contributed by atoms with Gasteiger partial charge in [-0.1, -0.05) is 30.4 Å². The van der Waals surface area contributed by atoms with Crippen molar-refractivity contribution in [1.82, 2.24) is 14.6 Å². The molecule has 0 spiro atoms. The van der Waals surface area contributed by atoms with Crippen LogP contribution in [0.4, 0.5) is 5.82 Å². The maximum atomic E-state index is 4.53. The fourth-order valence-electron chi connectivity index (χ4n) is 4.64. The van der Waals surface area contributed by atoms with Crippen molar-refractivity contribution in [2.24, 2.45) is 5.92 Å². The molecule has 0 radical (unpaired) electrons. The molecular formula is C22H28N4S. The van der Waals surface area contributed by atoms with Crippen LogP contribution in [0.1, 0.15) is 25.7 Å². The van der Waals surface area contributed by atoms with Gasteiger partial charge in [0.2, 0.25) is 0 Å². The van der Waals surface area contributed by atoms with Crippen LogP contribution in [0.3, 0.4) is 0 Å². The van der Waals surface area contributed by atoms with E-state index in [1.165, 1.54) is 48.0 Å². The van der Waals surface area contributed by atoms with E-state index in [9.17, 15) is 0 Å². The first-order valence-electron chi connectivity index (χ1n) is 10.3. The molecule has 0 amide bonds. The van der Waals surface area contributed by atoms with Gasteiger partial charge in [-0.25, -0.2) is 0 Å². The Bertz CT molecular complexity index is 864. The van der Waals surface area contributed by atoms with E-state index < -0.39 is 0 Å². The van der Waals surface area contributed by atoms with Crippen molar-refractivity contribution in [3.8, 4) is 0 Å². The van der Waals surface area contributed by atoms with Gasteiger partial charge < -0.3 is 10.6 Å². The summed E-state index contributed by atoms with van der Waals surface area (Å²) in [7, 11) is 0. The maximum absolute atomic E-state index is 4.53. The predicted octanol–water partition coefficient (Wildman–Crippen LogP) is 4.04. The minimum atomic E-state index is 0.403. The lowest BCUT2D eigenvalue weighted by Crippen LogP contribution is -2.36. The summed E-state index contributed by atoms with van der Waals surface area (Å²) in [6, 6.07) is 8.41. The zero-order chi connectivity index (χ0) is 18.1. The Balaban J connectivity index is 1.03. The summed E-state index contributed by atoms with van der Waals surface area (Å²) in [6.07, 6.45) is 12.6. The van der Waals surface area contributed by atoms with Crippen molar-refractivity contribution >= 4 is 27.4 Å². The molecule has 2 fully saturated rings. The quantitative estimate of drug-likeness (QED) is 0.678. The molecule has 2 unspecified atom stereocenters. The topological polar surface area (TPSA) is 40.2 Å². The van der Waals surface area contributed by atoms with E-state index in [4.69, 9.17) is 0 Å². The molecule has 2 aliphatic carbocycles. The SMILES string of the molecule is C1=CC2(N3CCCC3)CC2C=C1CNCCCNc1nsc2ccccc12. The van der Waals surface area contributed by atoms with E-state index >= 15 is 0 Å². The lowest BCUT2D eigenvalue weighted by molar-refractivity contribution is 0.254. The third-order valence-electron chi connectivity index (χ3n) is 6.25. The summed E-state index contributed by atoms with van der Waals surface area (Å²) in [5.41, 5.74) is 1.87. The first kappa shape index (κ1) is 17.4. The van der Waals surface area contributed by atoms with Gasteiger partial charge in [0, 0.05) is 29.9 Å². The monoisotopic (exact) mass is 380 g/mol. The van der Waals surface area contributed by atoms with Crippen LogP contribution in [-0.4, -0.2) is 47.5 Å². The molecule has 2 atom stereocenters. The molecule has 0 bridgehead atoms. The molecule has 5 rings (SSSR count). The van der Waals surface area contributed by atoms with Crippen LogP contribution in [0.15, 0.2) is 48.1 Å². The standard InChI is InChI=1S/C22H28N4S/c1-2-7-20-19(6-1)21(25-27-20)24-11-5-10-23-16-17-8-9-22(15-18(22)14-17)26-12-3-4-13-26/h1-2,6-9,14,18,23H,3-5,10-13,15-16H2,(H,24,25). The van der Waals surface area contributed by atoms with Crippen molar-refractivity contribution in [3.05, 3.63) is 48.1 Å². The number of hydrogen-bond acceptors (Lipinski definition) is 5. The second-order valence-corrected chi connectivity index (χ2v) is 8.86. The Hall–Kier alpha value is -1.69. The van der Waals surface area contributed by atoms with E-state index in [1.54, 1.807) is 11.5 Å². The molecule has 142 valence electrons. The van der Waals surface area contributed by atoms with Gasteiger partial charge in [-0.3, -0.25) is 4.90 Å². The zero-order valence-electron chi connectivity index (χ0n) is 15.8. The molecule has 4 nitrogen and oxygen atoms in total. The largest absolute Gasteiger partial charge is 0.369 e. The van der Waals surface area contributed by atoms with Crippen LogP contribution in [0, 0.1) is 5.92 Å². The Morgan fingerprint density at radius 2 is 2.07 bits per heavy atom. The summed E-state index contributed by atoms with van der Waals surface area (Å²) < 4.78 is 5.78. The minimum absolute atomic E-state index is 0.403. The molecule has 1 aliphatic heterocycles. The number of benzene rings is 1. The molecule has 1 aromatic carbocycles. The molecule has 1 saturated heterocycles. The third-order valence-corrected chi connectivity index (χ3v) is 7.08. The first-order chi connectivity index (χ1) is 13.4. The van der Waals surface area contributed by atoms with E-state index in [-0.39, 0.29) is 0 Å². The van der Waals surface area contributed by atoms with E-state index in [1.807, 2.05) is 0 Å². The van der Waals surface area contributed by atoms with Gasteiger partial charge in [0.1, 0.15) is 5.82 Å². The van der Waals surface area contributed by atoms with Crippen molar-refractivity contribution in [2.45, 2.75) is 31.2 Å². The highest BCUT2D eigenvalue weighted by Crippen LogP contribution is 2.54. The molecule has 5 heteroatoms. The van der Waals surface area contributed by atoms with Gasteiger partial charge in [-0.15, -0.1) is 0 Å². The van der Waals surface area contributed by atoms with E-state index in [0.717, 1.165) is 37.8 Å². The van der Waals surface area contributed by atoms with Gasteiger partial charge in [0.05, 0.1) is 4.70 Å². The third kappa shape index (κ3) is 3.44. The zero-order valence-corrected chi connectivity index (χ0v) is 16.6. The van der Waals surface area contributed by atoms with Crippen LogP contribution >= 0.6 is 11.5 Å². The van der Waals surface area contributed by atoms with Gasteiger partial charge in [0.25, 0.3) is 0 Å². The highest BCUT2D eigenvalue weighted by atomic mass is 32.1. The van der Waals surface area contributed by atoms with Gasteiger partial charge in [0.15, 0.2) is 0 Å². The van der Waals surface area contributed by atoms with Crippen LogP contribution in [0.5, 0.6) is 0 Å². The lowest BCUT2D eigenvalue weighted by atomic mass is 10.0. The normalized spacial score (nSPS) is 27.0. The number of anilines is 1. The molecule has 2 aromatic rings. The number of aromatic nitrogens is 1. The van der Waals surface area contributed by atoms with Gasteiger partial charge in [-0.2, -0.15) is 4.37 Å². The predicted molar refractivity (Wildman–Crippen MR) is 114 cm³/mol. The smallest absolute Gasteiger partial charge is 0.147 e. The summed E-state index contributed by atoms with van der Waals surface area (Å²) in [5.74, 6) is 1.79. The van der Waals surface area contributed by atoms with Crippen LogP contribution < -0.4 is 10.6 Å². The molecule has 3 aliphatic rings. The Morgan fingerprint density at radius 1 is 1.19 bits per heavy atom. The van der Waals surface area contributed by atoms with Crippen LogP contribution in [0.25, 0.3) is 10.1 Å². The van der Waals surface area contributed by atoms with Gasteiger partial charge >= 0.3 is 0 Å². The van der Waals surface area contributed by atoms with Crippen molar-refractivity contribution < 1.29 is 0 Å². The van der Waals surface area contributed by atoms with Crippen molar-refractivity contribution in [1.29, 1.82) is 0 Å². The first-order valence-corrected chi connectivity index (χ1v) is 11.1. The maximum Gasteiger partial charge on any atom is 0.147 e. The number of fused-ring (bicyclic) bond motifs is 2. The van der Waals surface area contributed by atoms with Gasteiger partial charge in [-0.05, 0) is 74.6 Å². The molecule has 2 N–H and O–H groups in total. The van der Waals surface area contributed by atoms with Crippen molar-refractivity contribution in [2.75, 3.05) is 38.0 Å². The average molecular weight is 381 g/mol. The summed E-state index contributed by atoms with van der Waals surface area (Å²) in [4.78, 5) is 2.71. The van der Waals surface area contributed by atoms with Crippen LogP contribution in [-0.2, 0) is 0 Å². The molecule has 1 aromatic heterocycles. The second-order valence-electron chi connectivity index (χ2n) is 8.06. The average Bonchev–Trinajstić information content (AvgIpc) is 3.05. The fourth-order valence-corrected chi connectivity index (χ4v) is 5.40. The highest BCUT2D eigenvalue weighted by Gasteiger charge is 2.56. The summed E-state index contributed by atoms with van der Waals surface area (Å²) in [5, 5.41) is 8.32. The Labute approximate surface area is 165 Å². The van der Waals surface area contributed by atoms with E-state index in [0.29, 0.717) is 5.54 Å². The number of likely N-dealkylation sites (tertiary alicyclic amines) is 1. The second kappa shape index (κ2) is 7.38. The summed E-state index contributed by atoms with van der Waals surface area (Å²) >= 11 is 1.57. The highest BCUT2D eigenvalue weighted by molar-refractivity contribution is 7.13. The number of hydrogen-bond donors (Lipinski definition) is 2. The molecule has 1 saturated carbocycles. The molecule has 27 heavy (non-hydrogen) atoms. The van der Waals surface area contributed by atoms with Crippen molar-refractivity contribution in [3.63, 3.8) is 0 Å². The Kier molecular flexibility index (Phi) is 4.76. The fraction of sp³-hybridized carbons (Fsp3) is 0.500. The number of nitrogens with zero attached hydrogens (tertiary/aromatic N) is 2. The lowest BCUT2D eigenvalue weighted by Gasteiger charge is -2.27. The Morgan fingerprint density at radius 3 is 2.96 bits per heavy atom. The van der Waals surface area contributed by atoms with E-state index in [2.05, 4.69) is 62.4 Å². The minimum Gasteiger partial charge on any atom is -0.369 e. The number of rotatable bonds is 8. The molecular weight excluding hydrogens is 352 g/mol. The molecule has 2 heterocycles. The van der Waals surface area contributed by atoms with Crippen LogP contribution in [0.2, 0.25) is 0 Å².